The van der Waals surface area contributed by atoms with Gasteiger partial charge in [0.15, 0.2) is 11.5 Å². The van der Waals surface area contributed by atoms with Crippen molar-refractivity contribution in [2.24, 2.45) is 5.73 Å². The lowest BCUT2D eigenvalue weighted by Gasteiger charge is -2.12. The zero-order valence-electron chi connectivity index (χ0n) is 11.7. The summed E-state index contributed by atoms with van der Waals surface area (Å²) in [7, 11) is 0.702. The molecule has 0 atom stereocenters. The standard InChI is InChI=1S/C15H16BNO4/c1-19-15-6-10(8-17)2-5-14(15)21-12-4-3-11-9-20-16(18)13(11)7-12/h2-7,18H,8-9,17H2,1H3. The summed E-state index contributed by atoms with van der Waals surface area (Å²) >= 11 is 0. The smallest absolute Gasteiger partial charge is 0.491 e. The van der Waals surface area contributed by atoms with Crippen molar-refractivity contribution in [1.82, 2.24) is 0 Å². The average Bonchev–Trinajstić information content (AvgIpc) is 2.89. The normalized spacial score (nSPS) is 13.2. The lowest BCUT2D eigenvalue weighted by Crippen LogP contribution is -2.27. The van der Waals surface area contributed by atoms with Crippen molar-refractivity contribution in [3.63, 3.8) is 0 Å². The molecule has 108 valence electrons. The van der Waals surface area contributed by atoms with Gasteiger partial charge < -0.3 is 24.9 Å². The van der Waals surface area contributed by atoms with E-state index in [4.69, 9.17) is 19.9 Å². The summed E-state index contributed by atoms with van der Waals surface area (Å²) in [5, 5.41) is 9.72. The second kappa shape index (κ2) is 5.77. The van der Waals surface area contributed by atoms with Gasteiger partial charge in [-0.2, -0.15) is 0 Å². The molecule has 0 saturated heterocycles. The van der Waals surface area contributed by atoms with E-state index in [0.717, 1.165) is 16.6 Å². The van der Waals surface area contributed by atoms with Crippen LogP contribution < -0.4 is 20.7 Å². The van der Waals surface area contributed by atoms with Crippen molar-refractivity contribution in [1.29, 1.82) is 0 Å². The summed E-state index contributed by atoms with van der Waals surface area (Å²) in [5.74, 6) is 1.84. The number of rotatable bonds is 4. The van der Waals surface area contributed by atoms with E-state index >= 15 is 0 Å². The van der Waals surface area contributed by atoms with Gasteiger partial charge in [-0.3, -0.25) is 0 Å². The summed E-state index contributed by atoms with van der Waals surface area (Å²) in [5.41, 5.74) is 8.30. The van der Waals surface area contributed by atoms with Crippen molar-refractivity contribution < 1.29 is 19.2 Å². The van der Waals surface area contributed by atoms with Crippen molar-refractivity contribution in [2.75, 3.05) is 7.11 Å². The Bertz CT molecular complexity index is 662. The number of ether oxygens (including phenoxy) is 2. The molecule has 1 heterocycles. The van der Waals surface area contributed by atoms with Crippen molar-refractivity contribution in [3.05, 3.63) is 47.5 Å². The Morgan fingerprint density at radius 1 is 1.24 bits per heavy atom. The molecule has 2 aromatic carbocycles. The Hall–Kier alpha value is -2.02. The summed E-state index contributed by atoms with van der Waals surface area (Å²) in [6.07, 6.45) is 0. The Kier molecular flexibility index (Phi) is 3.83. The van der Waals surface area contributed by atoms with E-state index < -0.39 is 7.12 Å². The lowest BCUT2D eigenvalue weighted by molar-refractivity contribution is 0.275. The topological polar surface area (TPSA) is 73.9 Å². The second-order valence-electron chi connectivity index (χ2n) is 4.82. The van der Waals surface area contributed by atoms with Crippen LogP contribution in [0.2, 0.25) is 0 Å². The number of hydrogen-bond acceptors (Lipinski definition) is 5. The minimum Gasteiger partial charge on any atom is -0.493 e. The van der Waals surface area contributed by atoms with Crippen LogP contribution in [0.4, 0.5) is 0 Å². The second-order valence-corrected chi connectivity index (χ2v) is 4.82. The van der Waals surface area contributed by atoms with Crippen molar-refractivity contribution in [3.8, 4) is 17.2 Å². The van der Waals surface area contributed by atoms with Crippen molar-refractivity contribution >= 4 is 12.6 Å². The third kappa shape index (κ3) is 2.74. The van der Waals surface area contributed by atoms with Crippen LogP contribution in [0.25, 0.3) is 0 Å². The molecule has 0 amide bonds. The Labute approximate surface area is 123 Å². The van der Waals surface area contributed by atoms with Gasteiger partial charge in [-0.25, -0.2) is 0 Å². The molecule has 0 bridgehead atoms. The van der Waals surface area contributed by atoms with Gasteiger partial charge in [0.2, 0.25) is 0 Å². The highest BCUT2D eigenvalue weighted by atomic mass is 16.5. The highest BCUT2D eigenvalue weighted by Gasteiger charge is 2.27. The molecular weight excluding hydrogens is 269 g/mol. The SMILES string of the molecule is COc1cc(CN)ccc1Oc1ccc2c(c1)B(O)OC2. The third-order valence-electron chi connectivity index (χ3n) is 3.47. The fourth-order valence-electron chi connectivity index (χ4n) is 2.31. The maximum absolute atomic E-state index is 9.72. The van der Waals surface area contributed by atoms with Crippen LogP contribution in [-0.4, -0.2) is 19.3 Å². The van der Waals surface area contributed by atoms with E-state index in [-0.39, 0.29) is 0 Å². The molecule has 0 fully saturated rings. The first-order valence-electron chi connectivity index (χ1n) is 6.68. The van der Waals surface area contributed by atoms with E-state index in [1.165, 1.54) is 0 Å². The molecule has 0 spiro atoms. The first-order valence-corrected chi connectivity index (χ1v) is 6.68. The summed E-state index contributed by atoms with van der Waals surface area (Å²) in [6, 6.07) is 11.1. The van der Waals surface area contributed by atoms with Gasteiger partial charge in [-0.1, -0.05) is 12.1 Å². The molecular formula is C15H16BNO4. The number of fused-ring (bicyclic) bond motifs is 1. The van der Waals surface area contributed by atoms with Gasteiger partial charge in [-0.15, -0.1) is 0 Å². The highest BCUT2D eigenvalue weighted by molar-refractivity contribution is 6.61. The molecule has 0 aliphatic carbocycles. The van der Waals surface area contributed by atoms with E-state index in [1.807, 2.05) is 30.3 Å². The number of hydrogen-bond donors (Lipinski definition) is 2. The fraction of sp³-hybridized carbons (Fsp3) is 0.200. The maximum atomic E-state index is 9.72. The van der Waals surface area contributed by atoms with Crippen LogP contribution in [0.1, 0.15) is 11.1 Å². The van der Waals surface area contributed by atoms with E-state index in [2.05, 4.69) is 0 Å². The van der Waals surface area contributed by atoms with Crippen LogP contribution in [0.5, 0.6) is 17.2 Å². The number of nitrogens with two attached hydrogens (primary N) is 1. The number of benzene rings is 2. The van der Waals surface area contributed by atoms with Gasteiger partial charge in [0.1, 0.15) is 5.75 Å². The van der Waals surface area contributed by atoms with Crippen LogP contribution in [-0.2, 0) is 17.8 Å². The minimum absolute atomic E-state index is 0.422. The van der Waals surface area contributed by atoms with E-state index in [9.17, 15) is 5.02 Å². The van der Waals surface area contributed by atoms with Gasteiger partial charge in [0.05, 0.1) is 13.7 Å². The molecule has 0 unspecified atom stereocenters. The molecule has 5 nitrogen and oxygen atoms in total. The quantitative estimate of drug-likeness (QED) is 0.825. The molecule has 3 rings (SSSR count). The third-order valence-corrected chi connectivity index (χ3v) is 3.47. The van der Waals surface area contributed by atoms with Crippen LogP contribution >= 0.6 is 0 Å². The van der Waals surface area contributed by atoms with Crippen LogP contribution in [0.3, 0.4) is 0 Å². The average molecular weight is 285 g/mol. The monoisotopic (exact) mass is 285 g/mol. The predicted molar refractivity (Wildman–Crippen MR) is 79.8 cm³/mol. The molecule has 2 aromatic rings. The Balaban J connectivity index is 1.89. The fourth-order valence-corrected chi connectivity index (χ4v) is 2.31. The zero-order valence-corrected chi connectivity index (χ0v) is 11.7. The number of methoxy groups -OCH3 is 1. The minimum atomic E-state index is -0.884. The molecule has 0 radical (unpaired) electrons. The van der Waals surface area contributed by atoms with Crippen molar-refractivity contribution in [2.45, 2.75) is 13.2 Å². The summed E-state index contributed by atoms with van der Waals surface area (Å²) in [6.45, 7) is 0.865. The first-order chi connectivity index (χ1) is 10.2. The van der Waals surface area contributed by atoms with E-state index in [1.54, 1.807) is 13.2 Å². The summed E-state index contributed by atoms with van der Waals surface area (Å²) < 4.78 is 16.3. The van der Waals surface area contributed by atoms with Gasteiger partial charge in [0, 0.05) is 6.54 Å². The highest BCUT2D eigenvalue weighted by Crippen LogP contribution is 2.32. The van der Waals surface area contributed by atoms with Gasteiger partial charge in [-0.05, 0) is 40.9 Å². The Morgan fingerprint density at radius 2 is 2.10 bits per heavy atom. The van der Waals surface area contributed by atoms with Crippen LogP contribution in [0, 0.1) is 0 Å². The molecule has 0 saturated carbocycles. The van der Waals surface area contributed by atoms with E-state index in [0.29, 0.717) is 30.4 Å². The van der Waals surface area contributed by atoms with Gasteiger partial charge in [0.25, 0.3) is 0 Å². The molecule has 1 aliphatic heterocycles. The molecule has 21 heavy (non-hydrogen) atoms. The molecule has 6 heteroatoms. The Morgan fingerprint density at radius 3 is 2.86 bits per heavy atom. The zero-order chi connectivity index (χ0) is 14.8. The first kappa shape index (κ1) is 13.9. The van der Waals surface area contributed by atoms with Crippen LogP contribution in [0.15, 0.2) is 36.4 Å². The predicted octanol–water partition coefficient (Wildman–Crippen LogP) is 1.16. The lowest BCUT2D eigenvalue weighted by atomic mass is 9.79. The maximum Gasteiger partial charge on any atom is 0.491 e. The molecule has 1 aliphatic rings. The van der Waals surface area contributed by atoms with Gasteiger partial charge >= 0.3 is 7.12 Å². The largest absolute Gasteiger partial charge is 0.493 e. The molecule has 0 aromatic heterocycles. The molecule has 3 N–H and O–H groups in total. The summed E-state index contributed by atoms with van der Waals surface area (Å²) in [4.78, 5) is 0.